The van der Waals surface area contributed by atoms with Gasteiger partial charge in [0.15, 0.2) is 11.6 Å². The second-order valence-corrected chi connectivity index (χ2v) is 6.83. The van der Waals surface area contributed by atoms with E-state index in [9.17, 15) is 9.18 Å². The Labute approximate surface area is 161 Å². The summed E-state index contributed by atoms with van der Waals surface area (Å²) >= 11 is 0. The van der Waals surface area contributed by atoms with Gasteiger partial charge in [0.1, 0.15) is 6.04 Å². The van der Waals surface area contributed by atoms with Crippen LogP contribution in [0.3, 0.4) is 0 Å². The highest BCUT2D eigenvalue weighted by Crippen LogP contribution is 2.33. The molecule has 0 aliphatic carbocycles. The van der Waals surface area contributed by atoms with E-state index < -0.39 is 5.82 Å². The normalized spacial score (nSPS) is 16.4. The Morgan fingerprint density at radius 3 is 2.75 bits per heavy atom. The molecule has 1 amide bonds. The summed E-state index contributed by atoms with van der Waals surface area (Å²) in [5, 5.41) is 4.06. The lowest BCUT2D eigenvalue weighted by atomic mass is 10.1. The number of likely N-dealkylation sites (tertiary alicyclic amines) is 1. The van der Waals surface area contributed by atoms with Gasteiger partial charge in [-0.15, -0.1) is 0 Å². The Balaban J connectivity index is 1.57. The summed E-state index contributed by atoms with van der Waals surface area (Å²) in [5.74, 6) is 0.164. The second kappa shape index (κ2) is 7.42. The third kappa shape index (κ3) is 3.35. The molecule has 2 aromatic carbocycles. The minimum atomic E-state index is -0.566. The summed E-state index contributed by atoms with van der Waals surface area (Å²) in [5.41, 5.74) is 2.27. The second-order valence-electron chi connectivity index (χ2n) is 6.83. The molecule has 0 unspecified atom stereocenters. The molecule has 0 N–H and O–H groups in total. The van der Waals surface area contributed by atoms with Gasteiger partial charge in [-0.3, -0.25) is 4.79 Å². The van der Waals surface area contributed by atoms with Crippen LogP contribution in [0.4, 0.5) is 4.39 Å². The summed E-state index contributed by atoms with van der Waals surface area (Å²) in [7, 11) is 1.39. The van der Waals surface area contributed by atoms with Crippen molar-refractivity contribution in [3.63, 3.8) is 0 Å². The van der Waals surface area contributed by atoms with Gasteiger partial charge in [-0.1, -0.05) is 35.0 Å². The van der Waals surface area contributed by atoms with Gasteiger partial charge in [0.2, 0.25) is 11.7 Å². The zero-order valence-corrected chi connectivity index (χ0v) is 15.7. The first-order chi connectivity index (χ1) is 13.6. The summed E-state index contributed by atoms with van der Waals surface area (Å²) in [4.78, 5) is 19.1. The zero-order chi connectivity index (χ0) is 19.7. The molecule has 1 atom stereocenters. The van der Waals surface area contributed by atoms with Gasteiger partial charge in [-0.2, -0.15) is 4.98 Å². The predicted molar refractivity (Wildman–Crippen MR) is 100 cm³/mol. The highest BCUT2D eigenvalue weighted by atomic mass is 19.1. The van der Waals surface area contributed by atoms with Gasteiger partial charge < -0.3 is 14.2 Å². The molecule has 1 saturated heterocycles. The van der Waals surface area contributed by atoms with Crippen LogP contribution in [0, 0.1) is 12.7 Å². The van der Waals surface area contributed by atoms with Crippen LogP contribution in [0.5, 0.6) is 5.75 Å². The van der Waals surface area contributed by atoms with Crippen molar-refractivity contribution in [1.82, 2.24) is 15.0 Å². The fourth-order valence-electron chi connectivity index (χ4n) is 3.42. The lowest BCUT2D eigenvalue weighted by molar-refractivity contribution is 0.0709. The molecule has 1 fully saturated rings. The first kappa shape index (κ1) is 18.2. The highest BCUT2D eigenvalue weighted by molar-refractivity contribution is 5.94. The zero-order valence-electron chi connectivity index (χ0n) is 15.7. The van der Waals surface area contributed by atoms with E-state index >= 15 is 0 Å². The molecule has 4 rings (SSSR count). The minimum Gasteiger partial charge on any atom is -0.494 e. The van der Waals surface area contributed by atoms with Crippen molar-refractivity contribution < 1.29 is 18.4 Å². The van der Waals surface area contributed by atoms with Crippen LogP contribution >= 0.6 is 0 Å². The maximum Gasteiger partial charge on any atom is 0.254 e. The van der Waals surface area contributed by atoms with Gasteiger partial charge in [0.05, 0.1) is 7.11 Å². The van der Waals surface area contributed by atoms with E-state index in [1.54, 1.807) is 11.0 Å². The van der Waals surface area contributed by atoms with E-state index in [1.165, 1.54) is 19.2 Å². The smallest absolute Gasteiger partial charge is 0.254 e. The maximum atomic E-state index is 14.0. The lowest BCUT2D eigenvalue weighted by Gasteiger charge is -2.22. The van der Waals surface area contributed by atoms with Crippen LogP contribution in [-0.2, 0) is 0 Å². The highest BCUT2D eigenvalue weighted by Gasteiger charge is 2.34. The Kier molecular flexibility index (Phi) is 4.81. The maximum absolute atomic E-state index is 14.0. The van der Waals surface area contributed by atoms with Crippen molar-refractivity contribution in [3.8, 4) is 17.1 Å². The van der Waals surface area contributed by atoms with Crippen LogP contribution in [-0.4, -0.2) is 34.6 Å². The van der Waals surface area contributed by atoms with Crippen molar-refractivity contribution in [2.45, 2.75) is 25.8 Å². The van der Waals surface area contributed by atoms with Crippen LogP contribution < -0.4 is 4.74 Å². The lowest BCUT2D eigenvalue weighted by Crippen LogP contribution is -2.30. The van der Waals surface area contributed by atoms with Crippen LogP contribution in [0.25, 0.3) is 11.4 Å². The number of aryl methyl sites for hydroxylation is 1. The molecule has 1 aliphatic rings. The number of hydrogen-bond acceptors (Lipinski definition) is 5. The number of carbonyl (C=O) groups excluding carboxylic acids is 1. The van der Waals surface area contributed by atoms with E-state index in [1.807, 2.05) is 31.2 Å². The van der Waals surface area contributed by atoms with E-state index in [0.29, 0.717) is 18.3 Å². The number of rotatable bonds is 4. The van der Waals surface area contributed by atoms with Gasteiger partial charge in [-0.25, -0.2) is 4.39 Å². The SMILES string of the molecule is COc1ccc(C(=O)N2CCC[C@@H]2c2nc(-c3ccc(C)cc3)no2)cc1F. The Morgan fingerprint density at radius 1 is 1.25 bits per heavy atom. The number of aromatic nitrogens is 2. The van der Waals surface area contributed by atoms with Crippen molar-refractivity contribution >= 4 is 5.91 Å². The topological polar surface area (TPSA) is 68.5 Å². The van der Waals surface area contributed by atoms with Crippen molar-refractivity contribution in [2.24, 2.45) is 0 Å². The van der Waals surface area contributed by atoms with Gasteiger partial charge in [0, 0.05) is 17.7 Å². The molecule has 1 aromatic heterocycles. The predicted octanol–water partition coefficient (Wildman–Crippen LogP) is 4.17. The minimum absolute atomic E-state index is 0.106. The number of benzene rings is 2. The molecule has 28 heavy (non-hydrogen) atoms. The number of halogens is 1. The summed E-state index contributed by atoms with van der Waals surface area (Å²) in [6.07, 6.45) is 1.54. The molecule has 0 bridgehead atoms. The van der Waals surface area contributed by atoms with Crippen LogP contribution in [0.1, 0.15) is 40.7 Å². The average molecular weight is 381 g/mol. The third-order valence-electron chi connectivity index (χ3n) is 4.95. The van der Waals surface area contributed by atoms with Gasteiger partial charge >= 0.3 is 0 Å². The molecule has 1 aliphatic heterocycles. The molecule has 0 spiro atoms. The fourth-order valence-corrected chi connectivity index (χ4v) is 3.42. The quantitative estimate of drug-likeness (QED) is 0.678. The van der Waals surface area contributed by atoms with Gasteiger partial charge in [-0.05, 0) is 38.0 Å². The van der Waals surface area contributed by atoms with Crippen molar-refractivity contribution in [1.29, 1.82) is 0 Å². The van der Waals surface area contributed by atoms with E-state index in [2.05, 4.69) is 10.1 Å². The number of amides is 1. The molecule has 144 valence electrons. The molecule has 7 heteroatoms. The number of nitrogens with zero attached hydrogens (tertiary/aromatic N) is 3. The Hall–Kier alpha value is -3.22. The molecule has 3 aromatic rings. The molecular formula is C21H20FN3O3. The summed E-state index contributed by atoms with van der Waals surface area (Å²) in [6.45, 7) is 2.56. The molecule has 6 nitrogen and oxygen atoms in total. The molecular weight excluding hydrogens is 361 g/mol. The largest absolute Gasteiger partial charge is 0.494 e. The Morgan fingerprint density at radius 2 is 2.04 bits per heavy atom. The number of carbonyl (C=O) groups is 1. The van der Waals surface area contributed by atoms with E-state index in [4.69, 9.17) is 9.26 Å². The Bertz CT molecular complexity index is 1000. The first-order valence-electron chi connectivity index (χ1n) is 9.12. The summed E-state index contributed by atoms with van der Waals surface area (Å²) < 4.78 is 24.4. The third-order valence-corrected chi connectivity index (χ3v) is 4.95. The number of hydrogen-bond donors (Lipinski definition) is 0. The van der Waals surface area contributed by atoms with Gasteiger partial charge in [0.25, 0.3) is 5.91 Å². The summed E-state index contributed by atoms with van der Waals surface area (Å²) in [6, 6.07) is 11.7. The van der Waals surface area contributed by atoms with E-state index in [-0.39, 0.29) is 23.3 Å². The number of methoxy groups -OCH3 is 1. The number of ether oxygens (including phenoxy) is 1. The first-order valence-corrected chi connectivity index (χ1v) is 9.12. The van der Waals surface area contributed by atoms with Crippen molar-refractivity contribution in [2.75, 3.05) is 13.7 Å². The van der Waals surface area contributed by atoms with Crippen LogP contribution in [0.15, 0.2) is 47.0 Å². The molecule has 0 radical (unpaired) electrons. The monoisotopic (exact) mass is 381 g/mol. The van der Waals surface area contributed by atoms with Crippen LogP contribution in [0.2, 0.25) is 0 Å². The molecule has 0 saturated carbocycles. The van der Waals surface area contributed by atoms with E-state index in [0.717, 1.165) is 24.0 Å². The fraction of sp³-hybridized carbons (Fsp3) is 0.286. The molecule has 2 heterocycles. The average Bonchev–Trinajstić information content (AvgIpc) is 3.37. The standard InChI is InChI=1S/C21H20FN3O3/c1-13-5-7-14(8-6-13)19-23-20(28-24-19)17-4-3-11-25(17)21(26)15-9-10-18(27-2)16(22)12-15/h5-10,12,17H,3-4,11H2,1-2H3/t17-/m1/s1. The van der Waals surface area contributed by atoms with Crippen molar-refractivity contribution in [3.05, 3.63) is 65.3 Å².